The minimum Gasteiger partial charge on any atom is -0.448 e. The van der Waals surface area contributed by atoms with Crippen molar-refractivity contribution in [3.63, 3.8) is 0 Å². The number of pyridine rings is 2. The molecule has 2 fully saturated rings. The first kappa shape index (κ1) is 33.4. The fourth-order valence-electron chi connectivity index (χ4n) is 7.30. The number of aryl methyl sites for hydroxylation is 1. The summed E-state index contributed by atoms with van der Waals surface area (Å²) in [5.74, 6) is 1.17. The van der Waals surface area contributed by atoms with E-state index in [1.807, 2.05) is 64.5 Å². The van der Waals surface area contributed by atoms with E-state index in [2.05, 4.69) is 34.4 Å². The molecule has 4 heterocycles. The number of nitrogens with zero attached hydrogens (tertiary/aromatic N) is 2. The van der Waals surface area contributed by atoms with Gasteiger partial charge in [0.15, 0.2) is 11.5 Å². The number of carbonyl (C=O) groups excluding carboxylic acids is 1. The molecule has 2 aliphatic heterocycles. The maximum absolute atomic E-state index is 13.9. The summed E-state index contributed by atoms with van der Waals surface area (Å²) in [6.45, 7) is 11.6. The standard InChI is InChI=1S/C36H47N5O5S/c1-20-14-30(47-7)29(35(43)40-20)17-39-34(42)27-15-28(24-8-13-31(38-16-24)41-18-21(2)44-22(3)19-41)33-32(23(27)4)45-36(5,46-33)25-9-11-26(37-6)12-10-25/h8,13-16,21-22,25-26,37H,9-12,17-19H2,1-7H3,(H,39,42)(H,40,43)/t21-,22+,25?,26?,36?. The summed E-state index contributed by atoms with van der Waals surface area (Å²) < 4.78 is 19.4. The van der Waals surface area contributed by atoms with Crippen LogP contribution in [0.5, 0.6) is 11.5 Å². The first-order valence-electron chi connectivity index (χ1n) is 16.6. The highest BCUT2D eigenvalue weighted by Crippen LogP contribution is 2.52. The molecule has 0 radical (unpaired) electrons. The Labute approximate surface area is 281 Å². The third-order valence-corrected chi connectivity index (χ3v) is 10.7. The van der Waals surface area contributed by atoms with Crippen LogP contribution in [0.2, 0.25) is 0 Å². The highest BCUT2D eigenvalue weighted by molar-refractivity contribution is 7.98. The van der Waals surface area contributed by atoms with Crippen LogP contribution in [0.15, 0.2) is 40.2 Å². The third kappa shape index (κ3) is 6.75. The minimum atomic E-state index is -0.856. The number of nitrogens with one attached hydrogen (secondary N) is 3. The zero-order valence-corrected chi connectivity index (χ0v) is 29.3. The monoisotopic (exact) mass is 661 g/mol. The number of fused-ring (bicyclic) bond motifs is 1. The molecule has 6 rings (SSSR count). The van der Waals surface area contributed by atoms with E-state index in [1.54, 1.807) is 0 Å². The number of aromatic amines is 1. The fourth-order valence-corrected chi connectivity index (χ4v) is 8.01. The number of anilines is 1. The summed E-state index contributed by atoms with van der Waals surface area (Å²) in [5.41, 5.74) is 3.88. The number of carbonyl (C=O) groups is 1. The number of H-pyrrole nitrogens is 1. The first-order valence-corrected chi connectivity index (χ1v) is 17.9. The van der Waals surface area contributed by atoms with Gasteiger partial charge in [-0.05, 0) is 90.9 Å². The van der Waals surface area contributed by atoms with Gasteiger partial charge >= 0.3 is 0 Å². The lowest BCUT2D eigenvalue weighted by molar-refractivity contribution is -0.121. The molecule has 252 valence electrons. The number of rotatable bonds is 8. The van der Waals surface area contributed by atoms with Crippen molar-refractivity contribution < 1.29 is 19.0 Å². The third-order valence-electron chi connectivity index (χ3n) is 9.89. The molecule has 11 heteroatoms. The van der Waals surface area contributed by atoms with Gasteiger partial charge in [0.25, 0.3) is 17.3 Å². The number of ether oxygens (including phenoxy) is 3. The lowest BCUT2D eigenvalue weighted by Gasteiger charge is -2.37. The summed E-state index contributed by atoms with van der Waals surface area (Å²) in [4.78, 5) is 37.5. The number of aromatic nitrogens is 2. The van der Waals surface area contributed by atoms with E-state index in [9.17, 15) is 9.59 Å². The van der Waals surface area contributed by atoms with Crippen LogP contribution in [0.25, 0.3) is 11.1 Å². The van der Waals surface area contributed by atoms with Gasteiger partial charge < -0.3 is 34.7 Å². The second-order valence-corrected chi connectivity index (χ2v) is 14.2. The van der Waals surface area contributed by atoms with Gasteiger partial charge in [0.05, 0.1) is 12.2 Å². The summed E-state index contributed by atoms with van der Waals surface area (Å²) in [6.07, 6.45) is 8.08. The summed E-state index contributed by atoms with van der Waals surface area (Å²) in [7, 11) is 2.02. The molecule has 1 unspecified atom stereocenters. The van der Waals surface area contributed by atoms with E-state index < -0.39 is 5.79 Å². The maximum Gasteiger partial charge on any atom is 0.254 e. The highest BCUT2D eigenvalue weighted by Gasteiger charge is 2.47. The average molecular weight is 662 g/mol. The highest BCUT2D eigenvalue weighted by atomic mass is 32.2. The normalized spacial score (nSPS) is 25.6. The van der Waals surface area contributed by atoms with Crippen molar-refractivity contribution in [1.29, 1.82) is 0 Å². The van der Waals surface area contributed by atoms with Gasteiger partial charge in [-0.2, -0.15) is 0 Å². The van der Waals surface area contributed by atoms with Crippen LogP contribution in [-0.2, 0) is 11.3 Å². The Morgan fingerprint density at radius 3 is 2.43 bits per heavy atom. The number of hydrogen-bond acceptors (Lipinski definition) is 9. The molecule has 1 aliphatic carbocycles. The molecule has 47 heavy (non-hydrogen) atoms. The molecule has 1 amide bonds. The van der Waals surface area contributed by atoms with Crippen LogP contribution in [-0.4, -0.2) is 66.3 Å². The van der Waals surface area contributed by atoms with Crippen LogP contribution in [0, 0.1) is 19.8 Å². The van der Waals surface area contributed by atoms with Gasteiger partial charge in [-0.25, -0.2) is 4.98 Å². The SMILES string of the molecule is CNC1CCC(C2(C)Oc3c(-c4ccc(N5C[C@@H](C)O[C@@H](C)C5)nc4)cc(C(=O)NCc4c(SC)cc(C)[nH]c4=O)c(C)c3O2)CC1. The summed E-state index contributed by atoms with van der Waals surface area (Å²) in [6, 6.07) is 8.36. The first-order chi connectivity index (χ1) is 22.5. The molecule has 1 saturated carbocycles. The van der Waals surface area contributed by atoms with Crippen LogP contribution in [0.1, 0.15) is 73.6 Å². The molecule has 3 aromatic rings. The lowest BCUT2D eigenvalue weighted by atomic mass is 9.81. The molecule has 3 atom stereocenters. The zero-order valence-electron chi connectivity index (χ0n) is 28.5. The summed E-state index contributed by atoms with van der Waals surface area (Å²) in [5, 5.41) is 6.42. The molecule has 1 saturated heterocycles. The van der Waals surface area contributed by atoms with Crippen LogP contribution in [0.4, 0.5) is 5.82 Å². The zero-order chi connectivity index (χ0) is 33.5. The van der Waals surface area contributed by atoms with Gasteiger partial charge in [0, 0.05) is 83.1 Å². The second kappa shape index (κ2) is 13.5. The van der Waals surface area contributed by atoms with Gasteiger partial charge in [-0.15, -0.1) is 11.8 Å². The van der Waals surface area contributed by atoms with Crippen LogP contribution >= 0.6 is 11.8 Å². The van der Waals surface area contributed by atoms with Gasteiger partial charge in [-0.1, -0.05) is 0 Å². The van der Waals surface area contributed by atoms with Gasteiger partial charge in [0.1, 0.15) is 5.82 Å². The average Bonchev–Trinajstić information content (AvgIpc) is 3.43. The number of morpholine rings is 1. The molecule has 10 nitrogen and oxygen atoms in total. The molecule has 0 spiro atoms. The summed E-state index contributed by atoms with van der Waals surface area (Å²) >= 11 is 1.49. The Bertz CT molecular complexity index is 1680. The molecule has 3 aliphatic rings. The van der Waals surface area contributed by atoms with Crippen molar-refractivity contribution >= 4 is 23.5 Å². The topological polar surface area (TPSA) is 118 Å². The Morgan fingerprint density at radius 1 is 1.09 bits per heavy atom. The number of benzene rings is 1. The second-order valence-electron chi connectivity index (χ2n) is 13.4. The van der Waals surface area contributed by atoms with Crippen molar-refractivity contribution in [1.82, 2.24) is 20.6 Å². The van der Waals surface area contributed by atoms with E-state index in [0.29, 0.717) is 34.2 Å². The maximum atomic E-state index is 13.9. The largest absolute Gasteiger partial charge is 0.448 e. The Hall–Kier alpha value is -3.54. The van der Waals surface area contributed by atoms with E-state index in [-0.39, 0.29) is 36.1 Å². The van der Waals surface area contributed by atoms with Crippen LogP contribution < -0.4 is 30.6 Å². The van der Waals surface area contributed by atoms with E-state index in [1.165, 1.54) is 11.8 Å². The molecule has 0 bridgehead atoms. The van der Waals surface area contributed by atoms with Crippen molar-refractivity contribution in [2.45, 2.75) is 95.8 Å². The van der Waals surface area contributed by atoms with Crippen molar-refractivity contribution in [3.8, 4) is 22.6 Å². The van der Waals surface area contributed by atoms with Crippen molar-refractivity contribution in [2.75, 3.05) is 31.3 Å². The van der Waals surface area contributed by atoms with Gasteiger partial charge in [-0.3, -0.25) is 9.59 Å². The Balaban J connectivity index is 1.34. The fraction of sp³-hybridized carbons (Fsp3) is 0.528. The smallest absolute Gasteiger partial charge is 0.254 e. The van der Waals surface area contributed by atoms with E-state index >= 15 is 0 Å². The Morgan fingerprint density at radius 2 is 1.79 bits per heavy atom. The predicted octanol–water partition coefficient (Wildman–Crippen LogP) is 5.58. The molecular weight excluding hydrogens is 614 g/mol. The van der Waals surface area contributed by atoms with E-state index in [0.717, 1.165) is 66.3 Å². The van der Waals surface area contributed by atoms with E-state index in [4.69, 9.17) is 19.2 Å². The number of amides is 1. The van der Waals surface area contributed by atoms with Crippen molar-refractivity contribution in [2.24, 2.45) is 5.92 Å². The number of hydrogen-bond donors (Lipinski definition) is 3. The molecule has 1 aromatic carbocycles. The quantitative estimate of drug-likeness (QED) is 0.266. The molecular formula is C36H47N5O5S. The number of thioether (sulfide) groups is 1. The predicted molar refractivity (Wildman–Crippen MR) is 186 cm³/mol. The lowest BCUT2D eigenvalue weighted by Crippen LogP contribution is -2.46. The minimum absolute atomic E-state index is 0.104. The van der Waals surface area contributed by atoms with Crippen LogP contribution in [0.3, 0.4) is 0 Å². The molecule has 2 aromatic heterocycles. The molecule has 3 N–H and O–H groups in total. The van der Waals surface area contributed by atoms with Gasteiger partial charge in [0.2, 0.25) is 0 Å². The van der Waals surface area contributed by atoms with Crippen molar-refractivity contribution in [3.05, 3.63) is 63.2 Å². The Kier molecular flexibility index (Phi) is 9.60.